The lowest BCUT2D eigenvalue weighted by Gasteiger charge is -2.58. The standard InChI is InChI=1S/C45H76O3/c1-7-8-9-10-11-13-16-22-37(46)23-17-14-12-15-18-24-43(47)48-38-29-31-44(5)36(33-38)25-26-39-41-28-27-40(35(4)21-19-20-34(2)3)45(41,6)32-30-42(39)44/h11,13,16,22,25,34-35,37-42,46H,7-10,12,14-15,17-21,23-24,26-33H2,1-6H3/t35-,37?,38+,39+,40-,41+,42+,44+,45-/m1/s1. The number of carbonyl (C=O) groups excluding carboxylic acids is 1. The van der Waals surface area contributed by atoms with Crippen molar-refractivity contribution in [3.8, 4) is 0 Å². The molecule has 274 valence electrons. The lowest BCUT2D eigenvalue weighted by atomic mass is 9.47. The number of rotatable bonds is 20. The molecule has 3 nitrogen and oxygen atoms in total. The maximum absolute atomic E-state index is 12.8. The van der Waals surface area contributed by atoms with Crippen molar-refractivity contribution in [3.63, 3.8) is 0 Å². The van der Waals surface area contributed by atoms with Crippen molar-refractivity contribution in [2.45, 2.75) is 195 Å². The van der Waals surface area contributed by atoms with Gasteiger partial charge in [0.25, 0.3) is 0 Å². The van der Waals surface area contributed by atoms with E-state index in [2.05, 4.69) is 59.8 Å². The number of carbonyl (C=O) groups is 1. The molecular weight excluding hydrogens is 588 g/mol. The minimum atomic E-state index is -0.353. The first kappa shape index (κ1) is 39.4. The summed E-state index contributed by atoms with van der Waals surface area (Å²) in [5.41, 5.74) is 2.46. The second-order valence-corrected chi connectivity index (χ2v) is 17.8. The van der Waals surface area contributed by atoms with Crippen LogP contribution in [0.1, 0.15) is 183 Å². The van der Waals surface area contributed by atoms with E-state index in [9.17, 15) is 9.90 Å². The van der Waals surface area contributed by atoms with E-state index in [4.69, 9.17) is 4.74 Å². The minimum Gasteiger partial charge on any atom is -0.462 e. The first-order valence-corrected chi connectivity index (χ1v) is 21.0. The Morgan fingerprint density at radius 2 is 1.69 bits per heavy atom. The second-order valence-electron chi connectivity index (χ2n) is 17.8. The highest BCUT2D eigenvalue weighted by atomic mass is 16.5. The van der Waals surface area contributed by atoms with Crippen LogP contribution in [0, 0.1) is 46.3 Å². The van der Waals surface area contributed by atoms with E-state index in [0.29, 0.717) is 17.3 Å². The van der Waals surface area contributed by atoms with Crippen molar-refractivity contribution in [3.05, 3.63) is 36.0 Å². The predicted octanol–water partition coefficient (Wildman–Crippen LogP) is 12.7. The fraction of sp³-hybridized carbons (Fsp3) is 0.844. The SMILES string of the molecule is CCCCCC=CC=CC(O)CCCCCCCC(=O)O[C@H]1CC[C@@]2(C)C(=CC[C@H]3[C@@H]4CC[C@H]([C@H](C)CCCC(C)C)[C@@]4(C)CC[C@@H]32)C1. The van der Waals surface area contributed by atoms with Crippen LogP contribution in [0.25, 0.3) is 0 Å². The van der Waals surface area contributed by atoms with E-state index >= 15 is 0 Å². The molecule has 4 rings (SSSR count). The maximum atomic E-state index is 12.8. The molecule has 1 unspecified atom stereocenters. The third kappa shape index (κ3) is 10.6. The third-order valence-electron chi connectivity index (χ3n) is 14.0. The molecule has 0 heterocycles. The normalized spacial score (nSPS) is 33.0. The Hall–Kier alpha value is -1.35. The second kappa shape index (κ2) is 19.3. The van der Waals surface area contributed by atoms with E-state index in [1.54, 1.807) is 5.57 Å². The number of allylic oxidation sites excluding steroid dienone is 4. The summed E-state index contributed by atoms with van der Waals surface area (Å²) < 4.78 is 6.10. The van der Waals surface area contributed by atoms with Gasteiger partial charge in [0.15, 0.2) is 0 Å². The smallest absolute Gasteiger partial charge is 0.306 e. The van der Waals surface area contributed by atoms with Crippen LogP contribution in [-0.2, 0) is 9.53 Å². The first-order valence-electron chi connectivity index (χ1n) is 21.0. The highest BCUT2D eigenvalue weighted by Crippen LogP contribution is 2.67. The van der Waals surface area contributed by atoms with Gasteiger partial charge in [0.1, 0.15) is 6.10 Å². The first-order chi connectivity index (χ1) is 23.1. The summed E-state index contributed by atoms with van der Waals surface area (Å²) in [6.45, 7) is 14.8. The van der Waals surface area contributed by atoms with Gasteiger partial charge >= 0.3 is 5.97 Å². The molecule has 3 heteroatoms. The summed E-state index contributed by atoms with van der Waals surface area (Å²) in [7, 11) is 0. The van der Waals surface area contributed by atoms with Crippen LogP contribution in [0.15, 0.2) is 36.0 Å². The van der Waals surface area contributed by atoms with Crippen molar-refractivity contribution in [2.75, 3.05) is 0 Å². The Kier molecular flexibility index (Phi) is 15.9. The van der Waals surface area contributed by atoms with Crippen LogP contribution in [-0.4, -0.2) is 23.3 Å². The lowest BCUT2D eigenvalue weighted by Crippen LogP contribution is -2.51. The zero-order chi connectivity index (χ0) is 34.6. The average molecular weight is 665 g/mol. The summed E-state index contributed by atoms with van der Waals surface area (Å²) in [6.07, 6.45) is 36.4. The molecule has 0 radical (unpaired) electrons. The Morgan fingerprint density at radius 1 is 0.896 bits per heavy atom. The topological polar surface area (TPSA) is 46.5 Å². The molecular formula is C45H76O3. The Balaban J connectivity index is 1.13. The highest BCUT2D eigenvalue weighted by molar-refractivity contribution is 5.69. The predicted molar refractivity (Wildman–Crippen MR) is 204 cm³/mol. The van der Waals surface area contributed by atoms with Crippen molar-refractivity contribution >= 4 is 5.97 Å². The summed E-state index contributed by atoms with van der Waals surface area (Å²) in [5, 5.41) is 10.2. The van der Waals surface area contributed by atoms with Gasteiger partial charge in [0, 0.05) is 12.8 Å². The van der Waals surface area contributed by atoms with Crippen molar-refractivity contribution in [2.24, 2.45) is 46.3 Å². The van der Waals surface area contributed by atoms with Crippen LogP contribution in [0.2, 0.25) is 0 Å². The van der Waals surface area contributed by atoms with Crippen molar-refractivity contribution in [1.82, 2.24) is 0 Å². The molecule has 0 amide bonds. The molecule has 0 aromatic heterocycles. The third-order valence-corrected chi connectivity index (χ3v) is 14.0. The Morgan fingerprint density at radius 3 is 2.48 bits per heavy atom. The fourth-order valence-corrected chi connectivity index (χ4v) is 11.1. The number of esters is 1. The molecule has 0 aliphatic heterocycles. The number of hydrogen-bond donors (Lipinski definition) is 1. The van der Waals surface area contributed by atoms with Crippen molar-refractivity contribution in [1.29, 1.82) is 0 Å². The summed E-state index contributed by atoms with van der Waals surface area (Å²) >= 11 is 0. The van der Waals surface area contributed by atoms with Gasteiger partial charge in [-0.15, -0.1) is 0 Å². The number of fused-ring (bicyclic) bond motifs is 5. The summed E-state index contributed by atoms with van der Waals surface area (Å²) in [4.78, 5) is 12.8. The van der Waals surface area contributed by atoms with Crippen LogP contribution >= 0.6 is 0 Å². The largest absolute Gasteiger partial charge is 0.462 e. The molecule has 0 spiro atoms. The van der Waals surface area contributed by atoms with Gasteiger partial charge in [0.2, 0.25) is 0 Å². The zero-order valence-electron chi connectivity index (χ0n) is 32.3. The number of aliphatic hydroxyl groups is 1. The summed E-state index contributed by atoms with van der Waals surface area (Å²) in [5.74, 6) is 5.18. The molecule has 48 heavy (non-hydrogen) atoms. The molecule has 0 aromatic rings. The minimum absolute atomic E-state index is 0.00846. The van der Waals surface area contributed by atoms with E-state index < -0.39 is 0 Å². The molecule has 9 atom stereocenters. The van der Waals surface area contributed by atoms with E-state index in [-0.39, 0.29) is 18.2 Å². The van der Waals surface area contributed by atoms with Crippen LogP contribution in [0.4, 0.5) is 0 Å². The number of unbranched alkanes of at least 4 members (excludes halogenated alkanes) is 7. The quantitative estimate of drug-likeness (QED) is 0.0610. The van der Waals surface area contributed by atoms with Gasteiger partial charge in [-0.3, -0.25) is 4.79 Å². The van der Waals surface area contributed by atoms with Crippen LogP contribution in [0.3, 0.4) is 0 Å². The molecule has 0 bridgehead atoms. The van der Waals surface area contributed by atoms with Gasteiger partial charge < -0.3 is 9.84 Å². The maximum Gasteiger partial charge on any atom is 0.306 e. The molecule has 0 aromatic carbocycles. The summed E-state index contributed by atoms with van der Waals surface area (Å²) in [6, 6.07) is 0. The van der Waals surface area contributed by atoms with Crippen molar-refractivity contribution < 1.29 is 14.6 Å². The highest BCUT2D eigenvalue weighted by Gasteiger charge is 2.59. The number of aliphatic hydroxyl groups excluding tert-OH is 1. The van der Waals surface area contributed by atoms with E-state index in [1.165, 1.54) is 77.0 Å². The van der Waals surface area contributed by atoms with Gasteiger partial charge in [-0.25, -0.2) is 0 Å². The fourth-order valence-electron chi connectivity index (χ4n) is 11.1. The molecule has 1 N–H and O–H groups in total. The molecule has 3 saturated carbocycles. The molecule has 4 aliphatic carbocycles. The molecule has 4 aliphatic rings. The van der Waals surface area contributed by atoms with E-state index in [1.807, 2.05) is 12.2 Å². The van der Waals surface area contributed by atoms with Crippen LogP contribution < -0.4 is 0 Å². The molecule has 3 fully saturated rings. The molecule has 0 saturated heterocycles. The zero-order valence-corrected chi connectivity index (χ0v) is 32.3. The lowest BCUT2D eigenvalue weighted by molar-refractivity contribution is -0.151. The Labute approximate surface area is 297 Å². The van der Waals surface area contributed by atoms with E-state index in [0.717, 1.165) is 93.3 Å². The average Bonchev–Trinajstić information content (AvgIpc) is 3.41. The van der Waals surface area contributed by atoms with Gasteiger partial charge in [-0.1, -0.05) is 135 Å². The van der Waals surface area contributed by atoms with Gasteiger partial charge in [-0.2, -0.15) is 0 Å². The van der Waals surface area contributed by atoms with Gasteiger partial charge in [-0.05, 0) is 117 Å². The number of hydrogen-bond acceptors (Lipinski definition) is 3. The van der Waals surface area contributed by atoms with Crippen LogP contribution in [0.5, 0.6) is 0 Å². The Bertz CT molecular complexity index is 1050. The number of ether oxygens (including phenoxy) is 1. The van der Waals surface area contributed by atoms with Gasteiger partial charge in [0.05, 0.1) is 6.10 Å². The monoisotopic (exact) mass is 665 g/mol.